The Kier molecular flexibility index (Phi) is 7.86. The first-order chi connectivity index (χ1) is 19.7. The summed E-state index contributed by atoms with van der Waals surface area (Å²) < 4.78 is 20.8. The van der Waals surface area contributed by atoms with Gasteiger partial charge in [-0.25, -0.2) is 13.9 Å². The van der Waals surface area contributed by atoms with Crippen LogP contribution in [0.1, 0.15) is 56.6 Å². The lowest BCUT2D eigenvalue weighted by molar-refractivity contribution is -0.121. The van der Waals surface area contributed by atoms with Crippen molar-refractivity contribution in [3.8, 4) is 5.75 Å². The molecule has 3 heterocycles. The Labute approximate surface area is 234 Å². The topological polar surface area (TPSA) is 132 Å². The molecule has 0 fully saturated rings. The molecular weight excluding hydrogens is 529 g/mol. The number of aryl methyl sites for hydroxylation is 2. The van der Waals surface area contributed by atoms with Crippen LogP contribution in [0.2, 0.25) is 0 Å². The van der Waals surface area contributed by atoms with E-state index < -0.39 is 23.7 Å². The number of hydrogen-bond acceptors (Lipinski definition) is 7. The number of ketones is 2. The molecule has 4 aromatic rings. The monoisotopic (exact) mass is 557 g/mol. The summed E-state index contributed by atoms with van der Waals surface area (Å²) in [5.74, 6) is -1.74. The van der Waals surface area contributed by atoms with Crippen LogP contribution in [0.25, 0.3) is 5.65 Å². The number of nitrogens with one attached hydrogen (secondary N) is 2. The second-order valence-electron chi connectivity index (χ2n) is 10.0. The molecule has 0 spiro atoms. The van der Waals surface area contributed by atoms with Crippen LogP contribution in [0, 0.1) is 12.7 Å². The van der Waals surface area contributed by atoms with Gasteiger partial charge in [-0.2, -0.15) is 5.10 Å². The molecular formula is C30H28FN5O5. The second kappa shape index (κ2) is 11.7. The summed E-state index contributed by atoms with van der Waals surface area (Å²) in [6, 6.07) is 13.5. The fourth-order valence-electron chi connectivity index (χ4n) is 4.52. The standard InChI is InChI=1S/C30H28FN5O5/c1-17-3-5-19(6-4-17)7-9-26(38)18(2)34-30(40)25-13-24(35-28-23(31)15-33-36(25)28)29(39)32-14-20-8-10-27-21(11-20)12-22(37)16-41-27/h3-6,8,10-11,13,15,18H,7,9,12,14,16H2,1-2H3,(H,32,39)(H,34,40)/t18-/m0/s1. The average Bonchev–Trinajstić information content (AvgIpc) is 3.34. The summed E-state index contributed by atoms with van der Waals surface area (Å²) >= 11 is 0. The summed E-state index contributed by atoms with van der Waals surface area (Å²) in [7, 11) is 0. The first kappa shape index (κ1) is 27.6. The first-order valence-electron chi connectivity index (χ1n) is 13.2. The fourth-order valence-corrected chi connectivity index (χ4v) is 4.52. The van der Waals surface area contributed by atoms with Gasteiger partial charge in [-0.15, -0.1) is 0 Å². The predicted molar refractivity (Wildman–Crippen MR) is 146 cm³/mol. The van der Waals surface area contributed by atoms with E-state index in [4.69, 9.17) is 4.74 Å². The molecule has 210 valence electrons. The number of hydrogen-bond donors (Lipinski definition) is 2. The van der Waals surface area contributed by atoms with Gasteiger partial charge in [-0.05, 0) is 43.5 Å². The average molecular weight is 558 g/mol. The van der Waals surface area contributed by atoms with E-state index in [9.17, 15) is 23.6 Å². The van der Waals surface area contributed by atoms with Gasteiger partial charge in [0.25, 0.3) is 11.8 Å². The van der Waals surface area contributed by atoms with Gasteiger partial charge < -0.3 is 15.4 Å². The largest absolute Gasteiger partial charge is 0.486 e. The number of fused-ring (bicyclic) bond motifs is 2. The molecule has 2 aromatic heterocycles. The van der Waals surface area contributed by atoms with Gasteiger partial charge in [0.15, 0.2) is 23.0 Å². The minimum Gasteiger partial charge on any atom is -0.486 e. The Balaban J connectivity index is 1.27. The third kappa shape index (κ3) is 6.29. The number of carbonyl (C=O) groups is 4. The van der Waals surface area contributed by atoms with Gasteiger partial charge in [-0.3, -0.25) is 19.2 Å². The zero-order chi connectivity index (χ0) is 29.1. The van der Waals surface area contributed by atoms with Crippen LogP contribution in [-0.4, -0.2) is 50.6 Å². The number of ether oxygens (including phenoxy) is 1. The number of amides is 2. The molecule has 0 bridgehead atoms. The highest BCUT2D eigenvalue weighted by molar-refractivity contribution is 6.00. The molecule has 1 atom stereocenters. The number of nitrogens with zero attached hydrogens (tertiary/aromatic N) is 3. The van der Waals surface area contributed by atoms with Crippen LogP contribution < -0.4 is 15.4 Å². The molecule has 41 heavy (non-hydrogen) atoms. The van der Waals surface area contributed by atoms with E-state index in [0.29, 0.717) is 12.2 Å². The first-order valence-corrected chi connectivity index (χ1v) is 13.2. The van der Waals surface area contributed by atoms with Crippen molar-refractivity contribution in [2.75, 3.05) is 6.61 Å². The SMILES string of the molecule is Cc1ccc(CCC(=O)[C@H](C)NC(=O)c2cc(C(=O)NCc3ccc4c(c3)CC(=O)CO4)nc3c(F)cnn23)cc1. The van der Waals surface area contributed by atoms with Crippen molar-refractivity contribution < 1.29 is 28.3 Å². The van der Waals surface area contributed by atoms with E-state index in [2.05, 4.69) is 20.7 Å². The quantitative estimate of drug-likeness (QED) is 0.323. The molecule has 1 aliphatic rings. The molecule has 11 heteroatoms. The van der Waals surface area contributed by atoms with E-state index in [1.54, 1.807) is 25.1 Å². The molecule has 0 radical (unpaired) electrons. The van der Waals surface area contributed by atoms with Crippen molar-refractivity contribution >= 4 is 29.0 Å². The molecule has 0 aliphatic carbocycles. The summed E-state index contributed by atoms with van der Waals surface area (Å²) in [4.78, 5) is 54.6. The van der Waals surface area contributed by atoms with Crippen molar-refractivity contribution in [2.24, 2.45) is 0 Å². The fraction of sp³-hybridized carbons (Fsp3) is 0.267. The smallest absolute Gasteiger partial charge is 0.270 e. The van der Waals surface area contributed by atoms with E-state index in [1.165, 1.54) is 6.07 Å². The molecule has 0 saturated carbocycles. The van der Waals surface area contributed by atoms with Gasteiger partial charge in [0, 0.05) is 31.0 Å². The highest BCUT2D eigenvalue weighted by Gasteiger charge is 2.23. The molecule has 0 saturated heterocycles. The maximum Gasteiger partial charge on any atom is 0.270 e. The highest BCUT2D eigenvalue weighted by Crippen LogP contribution is 2.24. The molecule has 2 aromatic carbocycles. The zero-order valence-corrected chi connectivity index (χ0v) is 22.6. The van der Waals surface area contributed by atoms with Crippen molar-refractivity contribution in [3.63, 3.8) is 0 Å². The highest BCUT2D eigenvalue weighted by atomic mass is 19.1. The second-order valence-corrected chi connectivity index (χ2v) is 10.0. The van der Waals surface area contributed by atoms with Crippen molar-refractivity contribution in [2.45, 2.75) is 45.7 Å². The van der Waals surface area contributed by atoms with Crippen LogP contribution in [0.5, 0.6) is 5.75 Å². The lowest BCUT2D eigenvalue weighted by Crippen LogP contribution is -2.39. The molecule has 2 amide bonds. The summed E-state index contributed by atoms with van der Waals surface area (Å²) in [5.41, 5.74) is 2.95. The molecule has 2 N–H and O–H groups in total. The Morgan fingerprint density at radius 3 is 2.61 bits per heavy atom. The number of halogens is 1. The normalized spacial score (nSPS) is 13.3. The van der Waals surface area contributed by atoms with E-state index >= 15 is 0 Å². The van der Waals surface area contributed by atoms with Crippen molar-refractivity contribution in [1.82, 2.24) is 25.2 Å². The van der Waals surface area contributed by atoms with Gasteiger partial charge in [-0.1, -0.05) is 35.9 Å². The predicted octanol–water partition coefficient (Wildman–Crippen LogP) is 2.93. The zero-order valence-electron chi connectivity index (χ0n) is 22.6. The Bertz CT molecular complexity index is 1660. The van der Waals surface area contributed by atoms with Gasteiger partial charge >= 0.3 is 0 Å². The van der Waals surface area contributed by atoms with Crippen LogP contribution in [0.15, 0.2) is 54.7 Å². The van der Waals surface area contributed by atoms with Crippen molar-refractivity contribution in [3.05, 3.63) is 94.2 Å². The van der Waals surface area contributed by atoms with Crippen LogP contribution >= 0.6 is 0 Å². The van der Waals surface area contributed by atoms with Crippen LogP contribution in [0.4, 0.5) is 4.39 Å². The lowest BCUT2D eigenvalue weighted by atomic mass is 10.0. The number of benzene rings is 2. The number of Topliss-reactive ketones (excluding diaryl/α,β-unsaturated/α-hetero) is 2. The molecule has 10 nitrogen and oxygen atoms in total. The van der Waals surface area contributed by atoms with Gasteiger partial charge in [0.05, 0.1) is 12.2 Å². The van der Waals surface area contributed by atoms with E-state index in [0.717, 1.165) is 33.0 Å². The molecule has 5 rings (SSSR count). The maximum atomic E-state index is 14.5. The lowest BCUT2D eigenvalue weighted by Gasteiger charge is -2.17. The van der Waals surface area contributed by atoms with Crippen LogP contribution in [0.3, 0.4) is 0 Å². The number of aromatic nitrogens is 3. The summed E-state index contributed by atoms with van der Waals surface area (Å²) in [6.45, 7) is 3.70. The van der Waals surface area contributed by atoms with Crippen molar-refractivity contribution in [1.29, 1.82) is 0 Å². The minimum atomic E-state index is -0.825. The van der Waals surface area contributed by atoms with E-state index in [-0.39, 0.29) is 54.6 Å². The van der Waals surface area contributed by atoms with Gasteiger partial charge in [0.2, 0.25) is 0 Å². The third-order valence-electron chi connectivity index (χ3n) is 6.86. The Morgan fingerprint density at radius 1 is 1.07 bits per heavy atom. The molecule has 0 unspecified atom stereocenters. The number of rotatable bonds is 9. The molecule has 1 aliphatic heterocycles. The Morgan fingerprint density at radius 2 is 1.83 bits per heavy atom. The van der Waals surface area contributed by atoms with Crippen LogP contribution in [-0.2, 0) is 29.0 Å². The third-order valence-corrected chi connectivity index (χ3v) is 6.86. The van der Waals surface area contributed by atoms with E-state index in [1.807, 2.05) is 31.2 Å². The Hall–Kier alpha value is -4.93. The maximum absolute atomic E-state index is 14.5. The number of carbonyl (C=O) groups excluding carboxylic acids is 4. The summed E-state index contributed by atoms with van der Waals surface area (Å²) in [5, 5.41) is 9.21. The summed E-state index contributed by atoms with van der Waals surface area (Å²) in [6.07, 6.45) is 1.90. The minimum absolute atomic E-state index is 0.0351. The van der Waals surface area contributed by atoms with Gasteiger partial charge in [0.1, 0.15) is 23.7 Å².